The summed E-state index contributed by atoms with van der Waals surface area (Å²) in [4.78, 5) is 10.6. The van der Waals surface area contributed by atoms with E-state index in [1.165, 1.54) is 10.8 Å². The van der Waals surface area contributed by atoms with Crippen LogP contribution >= 0.6 is 0 Å². The van der Waals surface area contributed by atoms with Crippen molar-refractivity contribution in [3.05, 3.63) is 24.0 Å². The Morgan fingerprint density at radius 1 is 1.60 bits per heavy atom. The van der Waals surface area contributed by atoms with Gasteiger partial charge in [-0.15, -0.1) is 0 Å². The second-order valence-electron chi connectivity index (χ2n) is 3.49. The van der Waals surface area contributed by atoms with Crippen LogP contribution in [0.2, 0.25) is 0 Å². The number of nitrogens with zero attached hydrogens (tertiary/aromatic N) is 1. The first kappa shape index (κ1) is 11.7. The second-order valence-corrected chi connectivity index (χ2v) is 3.49. The van der Waals surface area contributed by atoms with Crippen molar-refractivity contribution in [1.82, 2.24) is 4.57 Å². The highest BCUT2D eigenvalue weighted by Gasteiger charge is 2.15. The molecular weight excluding hydrogens is 204 g/mol. The largest absolute Gasteiger partial charge is 0.481 e. The quantitative estimate of drug-likeness (QED) is 0.819. The number of halogens is 2. The third-order valence-electron chi connectivity index (χ3n) is 2.20. The van der Waals surface area contributed by atoms with Gasteiger partial charge >= 0.3 is 5.97 Å². The number of carboxylic acids is 1. The zero-order valence-corrected chi connectivity index (χ0v) is 8.36. The van der Waals surface area contributed by atoms with Crippen LogP contribution in [-0.2, 0) is 17.8 Å². The second kappa shape index (κ2) is 4.91. The number of aromatic nitrogens is 1. The normalized spacial score (nSPS) is 13.1. The summed E-state index contributed by atoms with van der Waals surface area (Å²) in [6.07, 6.45) is -0.609. The van der Waals surface area contributed by atoms with Crippen molar-refractivity contribution in [2.24, 2.45) is 5.92 Å². The standard InChI is InChI=1S/C10H13F2NO2/c1-7(10(14)15)5-8-3-2-4-13(8)6-9(11)12/h2-4,7,9H,5-6H2,1H3,(H,14,15). The summed E-state index contributed by atoms with van der Waals surface area (Å²) in [7, 11) is 0. The Bertz CT molecular complexity index is 336. The Morgan fingerprint density at radius 2 is 2.27 bits per heavy atom. The fraction of sp³-hybridized carbons (Fsp3) is 0.500. The van der Waals surface area contributed by atoms with Crippen LogP contribution in [0, 0.1) is 5.92 Å². The molecule has 1 aromatic heterocycles. The summed E-state index contributed by atoms with van der Waals surface area (Å²) in [6.45, 7) is 1.18. The lowest BCUT2D eigenvalue weighted by Gasteiger charge is -2.10. The summed E-state index contributed by atoms with van der Waals surface area (Å²) in [6, 6.07) is 3.31. The van der Waals surface area contributed by atoms with Crippen LogP contribution in [0.3, 0.4) is 0 Å². The first-order chi connectivity index (χ1) is 7.00. The number of hydrogen-bond donors (Lipinski definition) is 1. The van der Waals surface area contributed by atoms with E-state index in [2.05, 4.69) is 0 Å². The first-order valence-corrected chi connectivity index (χ1v) is 4.65. The molecule has 1 rings (SSSR count). The van der Waals surface area contributed by atoms with Crippen LogP contribution in [0.1, 0.15) is 12.6 Å². The molecule has 0 saturated heterocycles. The minimum atomic E-state index is -2.42. The number of alkyl halides is 2. The molecule has 1 unspecified atom stereocenters. The van der Waals surface area contributed by atoms with Crippen molar-refractivity contribution in [3.63, 3.8) is 0 Å². The molecule has 3 nitrogen and oxygen atoms in total. The van der Waals surface area contributed by atoms with E-state index >= 15 is 0 Å². The van der Waals surface area contributed by atoms with Gasteiger partial charge < -0.3 is 9.67 Å². The van der Waals surface area contributed by atoms with Gasteiger partial charge in [0.15, 0.2) is 0 Å². The molecule has 0 aliphatic rings. The number of rotatable bonds is 5. The van der Waals surface area contributed by atoms with Crippen molar-refractivity contribution >= 4 is 5.97 Å². The monoisotopic (exact) mass is 217 g/mol. The molecule has 0 aliphatic heterocycles. The zero-order valence-electron chi connectivity index (χ0n) is 8.36. The van der Waals surface area contributed by atoms with Gasteiger partial charge in [0.1, 0.15) is 0 Å². The number of aliphatic carboxylic acids is 1. The molecule has 0 radical (unpaired) electrons. The number of carbonyl (C=O) groups is 1. The van der Waals surface area contributed by atoms with Crippen molar-refractivity contribution in [1.29, 1.82) is 0 Å². The van der Waals surface area contributed by atoms with Gasteiger partial charge in [0.25, 0.3) is 6.43 Å². The predicted octanol–water partition coefficient (Wildman–Crippen LogP) is 2.02. The maximum atomic E-state index is 12.1. The van der Waals surface area contributed by atoms with E-state index < -0.39 is 18.3 Å². The SMILES string of the molecule is CC(Cc1cccn1CC(F)F)C(=O)O. The number of hydrogen-bond acceptors (Lipinski definition) is 1. The molecule has 5 heteroatoms. The van der Waals surface area contributed by atoms with Gasteiger partial charge in [-0.3, -0.25) is 4.79 Å². The molecule has 1 heterocycles. The van der Waals surface area contributed by atoms with Gasteiger partial charge in [0, 0.05) is 18.3 Å². The first-order valence-electron chi connectivity index (χ1n) is 4.65. The maximum absolute atomic E-state index is 12.1. The molecule has 0 bridgehead atoms. The Kier molecular flexibility index (Phi) is 3.82. The van der Waals surface area contributed by atoms with Crippen molar-refractivity contribution in [2.75, 3.05) is 0 Å². The van der Waals surface area contributed by atoms with Crippen LogP contribution < -0.4 is 0 Å². The fourth-order valence-electron chi connectivity index (χ4n) is 1.36. The average Bonchev–Trinajstić information content (AvgIpc) is 2.51. The lowest BCUT2D eigenvalue weighted by atomic mass is 10.1. The van der Waals surface area contributed by atoms with Gasteiger partial charge in [-0.25, -0.2) is 8.78 Å². The van der Waals surface area contributed by atoms with Gasteiger partial charge in [-0.1, -0.05) is 6.92 Å². The smallest absolute Gasteiger partial charge is 0.306 e. The Labute approximate surface area is 86.3 Å². The molecule has 84 valence electrons. The van der Waals surface area contributed by atoms with Crippen molar-refractivity contribution in [3.8, 4) is 0 Å². The van der Waals surface area contributed by atoms with Gasteiger partial charge in [0.2, 0.25) is 0 Å². The molecule has 15 heavy (non-hydrogen) atoms. The molecule has 1 aromatic rings. The summed E-state index contributed by atoms with van der Waals surface area (Å²) in [5, 5.41) is 8.70. The topological polar surface area (TPSA) is 42.2 Å². The van der Waals surface area contributed by atoms with E-state index in [0.29, 0.717) is 5.69 Å². The Hall–Kier alpha value is -1.39. The minimum Gasteiger partial charge on any atom is -0.481 e. The van der Waals surface area contributed by atoms with Gasteiger partial charge in [-0.05, 0) is 12.1 Å². The average molecular weight is 217 g/mol. The third-order valence-corrected chi connectivity index (χ3v) is 2.20. The lowest BCUT2D eigenvalue weighted by Crippen LogP contribution is -2.16. The van der Waals surface area contributed by atoms with Crippen LogP contribution in [0.4, 0.5) is 8.78 Å². The zero-order chi connectivity index (χ0) is 11.4. The van der Waals surface area contributed by atoms with Crippen LogP contribution in [0.15, 0.2) is 18.3 Å². The van der Waals surface area contributed by atoms with Crippen molar-refractivity contribution < 1.29 is 18.7 Å². The molecule has 0 spiro atoms. The van der Waals surface area contributed by atoms with Crippen LogP contribution in [0.25, 0.3) is 0 Å². The highest BCUT2D eigenvalue weighted by molar-refractivity contribution is 5.69. The van der Waals surface area contributed by atoms with Crippen molar-refractivity contribution in [2.45, 2.75) is 26.3 Å². The molecule has 1 atom stereocenters. The lowest BCUT2D eigenvalue weighted by molar-refractivity contribution is -0.141. The van der Waals surface area contributed by atoms with Gasteiger partial charge in [0.05, 0.1) is 12.5 Å². The summed E-state index contributed by atoms with van der Waals surface area (Å²) >= 11 is 0. The highest BCUT2D eigenvalue weighted by Crippen LogP contribution is 2.11. The molecule has 1 N–H and O–H groups in total. The summed E-state index contributed by atoms with van der Waals surface area (Å²) in [5.74, 6) is -1.48. The third kappa shape index (κ3) is 3.34. The highest BCUT2D eigenvalue weighted by atomic mass is 19.3. The molecule has 0 amide bonds. The Balaban J connectivity index is 2.68. The van der Waals surface area contributed by atoms with E-state index in [9.17, 15) is 13.6 Å². The fourth-order valence-corrected chi connectivity index (χ4v) is 1.36. The van der Waals surface area contributed by atoms with Crippen LogP contribution in [-0.4, -0.2) is 22.1 Å². The van der Waals surface area contributed by atoms with E-state index in [1.54, 1.807) is 19.1 Å². The van der Waals surface area contributed by atoms with E-state index in [4.69, 9.17) is 5.11 Å². The van der Waals surface area contributed by atoms with Crippen LogP contribution in [0.5, 0.6) is 0 Å². The van der Waals surface area contributed by atoms with E-state index in [1.807, 2.05) is 0 Å². The summed E-state index contributed by atoms with van der Waals surface area (Å²) < 4.78 is 25.7. The molecule has 0 saturated carbocycles. The maximum Gasteiger partial charge on any atom is 0.306 e. The summed E-state index contributed by atoms with van der Waals surface area (Å²) in [5.41, 5.74) is 0.630. The van der Waals surface area contributed by atoms with Gasteiger partial charge in [-0.2, -0.15) is 0 Å². The Morgan fingerprint density at radius 3 is 2.80 bits per heavy atom. The van der Waals surface area contributed by atoms with E-state index in [0.717, 1.165) is 0 Å². The molecule has 0 aliphatic carbocycles. The predicted molar refractivity (Wildman–Crippen MR) is 50.9 cm³/mol. The minimum absolute atomic E-state index is 0.273. The molecule has 0 aromatic carbocycles. The molecule has 0 fully saturated rings. The number of carboxylic acid groups (broad SMARTS) is 1. The van der Waals surface area contributed by atoms with E-state index in [-0.39, 0.29) is 13.0 Å². The molecular formula is C10H13F2NO2.